The molecule has 0 spiro atoms. The highest BCUT2D eigenvalue weighted by molar-refractivity contribution is 7.16. The highest BCUT2D eigenvalue weighted by Crippen LogP contribution is 2.38. The van der Waals surface area contributed by atoms with E-state index in [0.717, 1.165) is 42.9 Å². The van der Waals surface area contributed by atoms with Crippen molar-refractivity contribution < 1.29 is 32.3 Å². The fourth-order valence-electron chi connectivity index (χ4n) is 5.26. The SMILES string of the molecule is C[C@@H]1CCCN1Cc1sc(NC(=O)c2cnc(N3CCN(CCC(=O)O)CC3)cn2)nc1-c1cc(F)cc(C(F)(F)F)c1. The smallest absolute Gasteiger partial charge is 0.416 e. The summed E-state index contributed by atoms with van der Waals surface area (Å²) in [4.78, 5) is 43.7. The summed E-state index contributed by atoms with van der Waals surface area (Å²) < 4.78 is 54.6. The zero-order chi connectivity index (χ0) is 30.7. The van der Waals surface area contributed by atoms with Crippen molar-refractivity contribution in [3.8, 4) is 11.3 Å². The summed E-state index contributed by atoms with van der Waals surface area (Å²) in [6.07, 6.45) is 0.162. The number of nitrogens with zero attached hydrogens (tertiary/aromatic N) is 6. The average Bonchev–Trinajstić information content (AvgIpc) is 3.56. The van der Waals surface area contributed by atoms with Gasteiger partial charge in [-0.15, -0.1) is 0 Å². The molecule has 230 valence electrons. The van der Waals surface area contributed by atoms with Crippen LogP contribution in [0.1, 0.15) is 47.1 Å². The Bertz CT molecular complexity index is 1460. The van der Waals surface area contributed by atoms with Crippen molar-refractivity contribution in [3.05, 3.63) is 52.5 Å². The van der Waals surface area contributed by atoms with E-state index < -0.39 is 29.4 Å². The van der Waals surface area contributed by atoms with Gasteiger partial charge in [0.25, 0.3) is 5.91 Å². The van der Waals surface area contributed by atoms with Gasteiger partial charge < -0.3 is 10.0 Å². The number of carbonyl (C=O) groups is 2. The average molecular weight is 622 g/mol. The molecule has 4 heterocycles. The van der Waals surface area contributed by atoms with Crippen LogP contribution in [0.5, 0.6) is 0 Å². The third-order valence-electron chi connectivity index (χ3n) is 7.66. The number of rotatable bonds is 9. The number of benzene rings is 1. The number of carboxylic acids is 1. The number of alkyl halides is 3. The van der Waals surface area contributed by atoms with E-state index in [-0.39, 0.29) is 34.5 Å². The predicted molar refractivity (Wildman–Crippen MR) is 153 cm³/mol. The molecule has 0 aliphatic carbocycles. The normalized spacial score (nSPS) is 18.3. The number of piperazine rings is 1. The molecule has 43 heavy (non-hydrogen) atoms. The van der Waals surface area contributed by atoms with Crippen LogP contribution in [0.25, 0.3) is 11.3 Å². The lowest BCUT2D eigenvalue weighted by atomic mass is 10.1. The molecule has 2 aliphatic rings. The molecule has 1 atom stereocenters. The Morgan fingerprint density at radius 3 is 2.49 bits per heavy atom. The lowest BCUT2D eigenvalue weighted by Crippen LogP contribution is -2.47. The molecule has 15 heteroatoms. The Balaban J connectivity index is 1.31. The number of hydrogen-bond donors (Lipinski definition) is 2. The first-order chi connectivity index (χ1) is 20.5. The number of halogens is 4. The molecule has 2 aromatic heterocycles. The van der Waals surface area contributed by atoms with Gasteiger partial charge >= 0.3 is 12.1 Å². The van der Waals surface area contributed by atoms with Crippen molar-refractivity contribution in [2.45, 2.75) is 44.9 Å². The van der Waals surface area contributed by atoms with Gasteiger partial charge in [0, 0.05) is 55.8 Å². The van der Waals surface area contributed by atoms with Gasteiger partial charge in [-0.1, -0.05) is 11.3 Å². The first-order valence-corrected chi connectivity index (χ1v) is 14.7. The molecule has 1 amide bonds. The van der Waals surface area contributed by atoms with Crippen LogP contribution < -0.4 is 10.2 Å². The van der Waals surface area contributed by atoms with Crippen molar-refractivity contribution in [1.82, 2.24) is 24.8 Å². The van der Waals surface area contributed by atoms with Crippen LogP contribution >= 0.6 is 11.3 Å². The van der Waals surface area contributed by atoms with Gasteiger partial charge in [0.15, 0.2) is 5.13 Å². The number of carbonyl (C=O) groups excluding carboxylic acids is 1. The monoisotopic (exact) mass is 621 g/mol. The molecule has 3 aromatic rings. The number of thiazole rings is 1. The van der Waals surface area contributed by atoms with E-state index >= 15 is 0 Å². The Kier molecular flexibility index (Phi) is 9.22. The predicted octanol–water partition coefficient (Wildman–Crippen LogP) is 4.59. The zero-order valence-electron chi connectivity index (χ0n) is 23.4. The number of nitrogens with one attached hydrogen (secondary N) is 1. The molecule has 0 saturated carbocycles. The fourth-order valence-corrected chi connectivity index (χ4v) is 6.26. The molecular weight excluding hydrogens is 590 g/mol. The second-order valence-electron chi connectivity index (χ2n) is 10.7. The maximum absolute atomic E-state index is 14.3. The number of anilines is 2. The van der Waals surface area contributed by atoms with Crippen LogP contribution in [0.2, 0.25) is 0 Å². The molecule has 0 bridgehead atoms. The van der Waals surface area contributed by atoms with Crippen molar-refractivity contribution >= 4 is 34.2 Å². The summed E-state index contributed by atoms with van der Waals surface area (Å²) in [6.45, 7) is 6.40. The van der Waals surface area contributed by atoms with Gasteiger partial charge in [-0.05, 0) is 44.5 Å². The van der Waals surface area contributed by atoms with Crippen LogP contribution in [0.15, 0.2) is 30.6 Å². The number of hydrogen-bond acceptors (Lipinski definition) is 9. The molecule has 0 unspecified atom stereocenters. The highest BCUT2D eigenvalue weighted by Gasteiger charge is 2.32. The topological polar surface area (TPSA) is 115 Å². The minimum absolute atomic E-state index is 0.0156. The number of aliphatic carboxylic acids is 1. The van der Waals surface area contributed by atoms with Crippen molar-refractivity contribution in [2.24, 2.45) is 0 Å². The minimum Gasteiger partial charge on any atom is -0.481 e. The first kappa shape index (κ1) is 30.8. The van der Waals surface area contributed by atoms with Gasteiger partial charge in [0.1, 0.15) is 17.3 Å². The van der Waals surface area contributed by atoms with Gasteiger partial charge in [-0.25, -0.2) is 19.3 Å². The summed E-state index contributed by atoms with van der Waals surface area (Å²) in [6, 6.07) is 2.61. The highest BCUT2D eigenvalue weighted by atomic mass is 32.1. The molecule has 5 rings (SSSR count). The second kappa shape index (κ2) is 12.9. The molecule has 2 aliphatic heterocycles. The van der Waals surface area contributed by atoms with Gasteiger partial charge in [-0.2, -0.15) is 13.2 Å². The van der Waals surface area contributed by atoms with E-state index in [1.807, 2.05) is 4.90 Å². The molecule has 0 radical (unpaired) electrons. The molecule has 10 nitrogen and oxygen atoms in total. The maximum atomic E-state index is 14.3. The van der Waals surface area contributed by atoms with Crippen LogP contribution in [0, 0.1) is 5.82 Å². The summed E-state index contributed by atoms with van der Waals surface area (Å²) in [7, 11) is 0. The Morgan fingerprint density at radius 1 is 1.09 bits per heavy atom. The van der Waals surface area contributed by atoms with Crippen molar-refractivity contribution in [2.75, 3.05) is 49.5 Å². The van der Waals surface area contributed by atoms with Crippen LogP contribution in [-0.2, 0) is 17.5 Å². The van der Waals surface area contributed by atoms with Crippen molar-refractivity contribution in [3.63, 3.8) is 0 Å². The molecule has 2 saturated heterocycles. The molecule has 1 aromatic carbocycles. The standard InChI is InChI=1S/C28H31F4N7O3S/c1-17-3-2-5-39(17)16-22-25(18-11-19(28(30,31)32)13-20(29)12-18)35-27(43-22)36-26(42)21-14-34-23(15-33-21)38-9-7-37(8-10-38)6-4-24(40)41/h11-15,17H,2-10,16H2,1H3,(H,40,41)(H,35,36,42)/t17-/m1/s1. The number of amides is 1. The van der Waals surface area contributed by atoms with Crippen molar-refractivity contribution in [1.29, 1.82) is 0 Å². The maximum Gasteiger partial charge on any atom is 0.416 e. The number of carboxylic acid groups (broad SMARTS) is 1. The number of likely N-dealkylation sites (tertiary alicyclic amines) is 1. The van der Waals surface area contributed by atoms with Crippen LogP contribution in [0.4, 0.5) is 28.5 Å². The van der Waals surface area contributed by atoms with E-state index in [9.17, 15) is 27.2 Å². The van der Waals surface area contributed by atoms with Crippen LogP contribution in [-0.4, -0.2) is 87.0 Å². The van der Waals surface area contributed by atoms with Gasteiger partial charge in [0.2, 0.25) is 0 Å². The van der Waals surface area contributed by atoms with Gasteiger partial charge in [-0.3, -0.25) is 24.7 Å². The lowest BCUT2D eigenvalue weighted by Gasteiger charge is -2.34. The molecular formula is C28H31F4N7O3S. The Morgan fingerprint density at radius 2 is 1.86 bits per heavy atom. The third-order valence-corrected chi connectivity index (χ3v) is 8.62. The van der Waals surface area contributed by atoms with Crippen LogP contribution in [0.3, 0.4) is 0 Å². The summed E-state index contributed by atoms with van der Waals surface area (Å²) in [5.41, 5.74) is -0.912. The van der Waals surface area contributed by atoms with E-state index in [2.05, 4.69) is 37.0 Å². The largest absolute Gasteiger partial charge is 0.481 e. The number of aromatic nitrogens is 3. The summed E-state index contributed by atoms with van der Waals surface area (Å²) >= 11 is 1.13. The van der Waals surface area contributed by atoms with E-state index in [0.29, 0.717) is 56.0 Å². The fraction of sp³-hybridized carbons (Fsp3) is 0.464. The Hall–Kier alpha value is -3.69. The first-order valence-electron chi connectivity index (χ1n) is 13.9. The molecule has 2 N–H and O–H groups in total. The van der Waals surface area contributed by atoms with E-state index in [1.54, 1.807) is 0 Å². The third kappa shape index (κ3) is 7.64. The minimum atomic E-state index is -4.73. The summed E-state index contributed by atoms with van der Waals surface area (Å²) in [5, 5.41) is 11.7. The quantitative estimate of drug-likeness (QED) is 0.331. The molecule has 2 fully saturated rings. The second-order valence-corrected chi connectivity index (χ2v) is 11.7. The Labute approximate surface area is 249 Å². The van der Waals surface area contributed by atoms with E-state index in [4.69, 9.17) is 5.11 Å². The lowest BCUT2D eigenvalue weighted by molar-refractivity contribution is -0.138. The van der Waals surface area contributed by atoms with E-state index in [1.165, 1.54) is 12.4 Å². The van der Waals surface area contributed by atoms with Gasteiger partial charge in [0.05, 0.1) is 30.1 Å². The summed E-state index contributed by atoms with van der Waals surface area (Å²) in [5.74, 6) is -1.87. The zero-order valence-corrected chi connectivity index (χ0v) is 24.2.